The number of amides is 1. The van der Waals surface area contributed by atoms with Gasteiger partial charge in [0.25, 0.3) is 11.6 Å². The van der Waals surface area contributed by atoms with Gasteiger partial charge in [-0.15, -0.1) is 0 Å². The van der Waals surface area contributed by atoms with Crippen LogP contribution in [0.15, 0.2) is 52.4 Å². The van der Waals surface area contributed by atoms with Gasteiger partial charge in [-0.3, -0.25) is 24.8 Å². The Morgan fingerprint density at radius 3 is 2.55 bits per heavy atom. The number of carbonyl (C=O) groups excluding carboxylic acids is 1. The van der Waals surface area contributed by atoms with Gasteiger partial charge < -0.3 is 9.47 Å². The number of nitro benzene ring substituents is 1. The van der Waals surface area contributed by atoms with E-state index in [0.717, 1.165) is 5.56 Å². The lowest BCUT2D eigenvalue weighted by Crippen LogP contribution is -2.35. The second kappa shape index (κ2) is 10.5. The van der Waals surface area contributed by atoms with E-state index in [1.165, 1.54) is 31.0 Å². The van der Waals surface area contributed by atoms with Gasteiger partial charge >= 0.3 is 0 Å². The van der Waals surface area contributed by atoms with E-state index in [-0.39, 0.29) is 30.3 Å². The molecule has 1 aliphatic rings. The molecule has 0 bridgehead atoms. The number of hydrogen-bond acceptors (Lipinski definition) is 7. The van der Waals surface area contributed by atoms with Crippen LogP contribution in [-0.4, -0.2) is 40.1 Å². The second-order valence-corrected chi connectivity index (χ2v) is 9.02. The molecule has 1 heterocycles. The van der Waals surface area contributed by atoms with E-state index in [9.17, 15) is 14.9 Å². The van der Waals surface area contributed by atoms with Crippen LogP contribution < -0.4 is 9.47 Å². The molecular formula is C24H27N3O5S. The van der Waals surface area contributed by atoms with Crippen LogP contribution in [0.25, 0.3) is 6.08 Å². The number of rotatable bonds is 8. The largest absolute Gasteiger partial charge is 0.493 e. The lowest BCUT2D eigenvalue weighted by atomic mass is 10.1. The van der Waals surface area contributed by atoms with Gasteiger partial charge in [0.05, 0.1) is 16.9 Å². The van der Waals surface area contributed by atoms with Crippen LogP contribution >= 0.6 is 11.8 Å². The van der Waals surface area contributed by atoms with Crippen molar-refractivity contribution in [2.24, 2.45) is 4.99 Å². The summed E-state index contributed by atoms with van der Waals surface area (Å²) in [6.07, 6.45) is 1.82. The third kappa shape index (κ3) is 5.92. The van der Waals surface area contributed by atoms with Crippen LogP contribution in [0, 0.1) is 10.1 Å². The summed E-state index contributed by atoms with van der Waals surface area (Å²) in [5, 5.41) is 11.7. The maximum absolute atomic E-state index is 13.0. The molecule has 1 saturated heterocycles. The van der Waals surface area contributed by atoms with Crippen LogP contribution in [0.5, 0.6) is 11.5 Å². The zero-order valence-electron chi connectivity index (χ0n) is 19.3. The zero-order chi connectivity index (χ0) is 24.1. The minimum Gasteiger partial charge on any atom is -0.493 e. The van der Waals surface area contributed by atoms with E-state index in [0.29, 0.717) is 27.1 Å². The first-order valence-corrected chi connectivity index (χ1v) is 11.4. The summed E-state index contributed by atoms with van der Waals surface area (Å²) in [4.78, 5) is 30.4. The summed E-state index contributed by atoms with van der Waals surface area (Å²) in [5.74, 6) is 0.934. The summed E-state index contributed by atoms with van der Waals surface area (Å²) in [6.45, 7) is 8.05. The Kier molecular flexibility index (Phi) is 7.75. The van der Waals surface area contributed by atoms with Crippen LogP contribution in [0.3, 0.4) is 0 Å². The second-order valence-electron chi connectivity index (χ2n) is 8.01. The summed E-state index contributed by atoms with van der Waals surface area (Å²) in [6, 6.07) is 11.8. The fourth-order valence-corrected chi connectivity index (χ4v) is 4.45. The molecule has 1 fully saturated rings. The number of non-ortho nitro benzene ring substituents is 1. The van der Waals surface area contributed by atoms with Crippen molar-refractivity contribution in [3.05, 3.63) is 68.6 Å². The van der Waals surface area contributed by atoms with Gasteiger partial charge in [0, 0.05) is 24.2 Å². The number of hydrogen-bond donors (Lipinski definition) is 0. The van der Waals surface area contributed by atoms with E-state index in [4.69, 9.17) is 9.47 Å². The molecule has 0 unspecified atom stereocenters. The third-order valence-corrected chi connectivity index (χ3v) is 5.72. The van der Waals surface area contributed by atoms with Gasteiger partial charge in [-0.25, -0.2) is 0 Å². The van der Waals surface area contributed by atoms with Crippen molar-refractivity contribution in [2.45, 2.75) is 46.4 Å². The smallest absolute Gasteiger partial charge is 0.269 e. The summed E-state index contributed by atoms with van der Waals surface area (Å²) in [5.41, 5.74) is 1.48. The number of nitrogens with zero attached hydrogens (tertiary/aromatic N) is 3. The summed E-state index contributed by atoms with van der Waals surface area (Å²) >= 11 is 1.37. The van der Waals surface area contributed by atoms with Gasteiger partial charge in [0.2, 0.25) is 0 Å². The average Bonchev–Trinajstić information content (AvgIpc) is 3.06. The number of benzene rings is 2. The van der Waals surface area contributed by atoms with Crippen molar-refractivity contribution in [1.29, 1.82) is 0 Å². The summed E-state index contributed by atoms with van der Waals surface area (Å²) < 4.78 is 11.3. The highest BCUT2D eigenvalue weighted by Crippen LogP contribution is 2.36. The van der Waals surface area contributed by atoms with Crippen molar-refractivity contribution >= 4 is 34.6 Å². The predicted octanol–water partition coefficient (Wildman–Crippen LogP) is 5.27. The molecule has 3 rings (SSSR count). The topological polar surface area (TPSA) is 94.3 Å². The number of ether oxygens (including phenoxy) is 2. The molecule has 2 aromatic carbocycles. The van der Waals surface area contributed by atoms with Crippen molar-refractivity contribution in [3.8, 4) is 11.5 Å². The highest BCUT2D eigenvalue weighted by molar-refractivity contribution is 8.18. The fourth-order valence-electron chi connectivity index (χ4n) is 3.22. The van der Waals surface area contributed by atoms with E-state index < -0.39 is 4.92 Å². The Balaban J connectivity index is 1.81. The Morgan fingerprint density at radius 1 is 1.15 bits per heavy atom. The third-order valence-electron chi connectivity index (χ3n) is 4.72. The van der Waals surface area contributed by atoms with E-state index in [1.54, 1.807) is 29.2 Å². The van der Waals surface area contributed by atoms with Gasteiger partial charge in [0.1, 0.15) is 6.61 Å². The van der Waals surface area contributed by atoms with Crippen LogP contribution in [0.1, 0.15) is 38.8 Å². The molecule has 8 nitrogen and oxygen atoms in total. The van der Waals surface area contributed by atoms with Crippen molar-refractivity contribution < 1.29 is 19.2 Å². The molecular weight excluding hydrogens is 442 g/mol. The quantitative estimate of drug-likeness (QED) is 0.297. The molecule has 0 aromatic heterocycles. The minimum absolute atomic E-state index is 0.00697. The van der Waals surface area contributed by atoms with Gasteiger partial charge in [-0.1, -0.05) is 18.2 Å². The van der Waals surface area contributed by atoms with Crippen LogP contribution in [0.2, 0.25) is 0 Å². The molecule has 0 aliphatic carbocycles. The Morgan fingerprint density at radius 2 is 1.91 bits per heavy atom. The number of methoxy groups -OCH3 is 1. The van der Waals surface area contributed by atoms with E-state index in [1.807, 2.05) is 39.8 Å². The first-order chi connectivity index (χ1) is 15.7. The predicted molar refractivity (Wildman–Crippen MR) is 131 cm³/mol. The summed E-state index contributed by atoms with van der Waals surface area (Å²) in [7, 11) is 1.54. The first kappa shape index (κ1) is 24.3. The van der Waals surface area contributed by atoms with Crippen molar-refractivity contribution in [1.82, 2.24) is 4.90 Å². The van der Waals surface area contributed by atoms with E-state index in [2.05, 4.69) is 4.99 Å². The standard InChI is InChI=1S/C24H27N3O5S/c1-15(2)25-24-26(16(3)4)23(28)22(33-24)13-17-9-10-20(21(12-17)31-5)32-14-18-7-6-8-19(11-18)27(29)30/h6-13,15-16H,14H2,1-5H3/b22-13+,25-24?. The number of aliphatic imine (C=N–C) groups is 1. The number of thioether (sulfide) groups is 1. The lowest BCUT2D eigenvalue weighted by molar-refractivity contribution is -0.384. The molecule has 0 radical (unpaired) electrons. The zero-order valence-corrected chi connectivity index (χ0v) is 20.1. The average molecular weight is 470 g/mol. The fraction of sp³-hybridized carbons (Fsp3) is 0.333. The van der Waals surface area contributed by atoms with Crippen molar-refractivity contribution in [3.63, 3.8) is 0 Å². The number of nitro groups is 1. The van der Waals surface area contributed by atoms with Gasteiger partial charge in [-0.2, -0.15) is 0 Å². The molecule has 1 aliphatic heterocycles. The van der Waals surface area contributed by atoms with Crippen LogP contribution in [0.4, 0.5) is 5.69 Å². The minimum atomic E-state index is -0.438. The molecule has 0 atom stereocenters. The maximum Gasteiger partial charge on any atom is 0.269 e. The lowest BCUT2D eigenvalue weighted by Gasteiger charge is -2.20. The van der Waals surface area contributed by atoms with Gasteiger partial charge in [-0.05, 0) is 68.8 Å². The molecule has 174 valence electrons. The molecule has 0 N–H and O–H groups in total. The van der Waals surface area contributed by atoms with E-state index >= 15 is 0 Å². The molecule has 0 spiro atoms. The van der Waals surface area contributed by atoms with Gasteiger partial charge in [0.15, 0.2) is 16.7 Å². The normalized spacial score (nSPS) is 16.3. The molecule has 0 saturated carbocycles. The first-order valence-electron chi connectivity index (χ1n) is 10.5. The highest BCUT2D eigenvalue weighted by atomic mass is 32.2. The van der Waals surface area contributed by atoms with Crippen molar-refractivity contribution in [2.75, 3.05) is 7.11 Å². The Hall–Kier alpha value is -3.33. The monoisotopic (exact) mass is 469 g/mol. The molecule has 2 aromatic rings. The Labute approximate surface area is 197 Å². The highest BCUT2D eigenvalue weighted by Gasteiger charge is 2.35. The maximum atomic E-state index is 13.0. The number of carbonyl (C=O) groups is 1. The molecule has 33 heavy (non-hydrogen) atoms. The Bertz CT molecular complexity index is 1110. The SMILES string of the molecule is COc1cc(/C=C2/SC(=NC(C)C)N(C(C)C)C2=O)ccc1OCc1cccc([N+](=O)[O-])c1. The van der Waals surface area contributed by atoms with Crippen LogP contribution in [-0.2, 0) is 11.4 Å². The molecule has 9 heteroatoms. The number of amidine groups is 1. The molecule has 1 amide bonds.